The molecule has 0 saturated carbocycles. The molecule has 8 heteroatoms. The third-order valence-corrected chi connectivity index (χ3v) is 4.29. The second kappa shape index (κ2) is 6.33. The van der Waals surface area contributed by atoms with E-state index in [-0.39, 0.29) is 5.56 Å². The van der Waals surface area contributed by atoms with Gasteiger partial charge >= 0.3 is 0 Å². The minimum atomic E-state index is -0.0320. The summed E-state index contributed by atoms with van der Waals surface area (Å²) in [6.07, 6.45) is 1.75. The highest BCUT2D eigenvalue weighted by molar-refractivity contribution is 7.98. The smallest absolute Gasteiger partial charge is 0.250 e. The molecule has 0 fully saturated rings. The van der Waals surface area contributed by atoms with Gasteiger partial charge in [0, 0.05) is 30.1 Å². The van der Waals surface area contributed by atoms with Gasteiger partial charge in [-0.2, -0.15) is 4.68 Å². The Morgan fingerprint density at radius 3 is 2.73 bits per heavy atom. The van der Waals surface area contributed by atoms with E-state index in [0.717, 1.165) is 11.3 Å². The minimum Gasteiger partial charge on any atom is -0.319 e. The largest absolute Gasteiger partial charge is 0.319 e. The Bertz CT molecular complexity index is 843. The molecular formula is C14H12ClN5OS. The van der Waals surface area contributed by atoms with Crippen LogP contribution in [0.15, 0.2) is 52.5 Å². The molecule has 2 aromatic heterocycles. The maximum absolute atomic E-state index is 11.6. The highest BCUT2D eigenvalue weighted by Crippen LogP contribution is 2.22. The van der Waals surface area contributed by atoms with Gasteiger partial charge < -0.3 is 4.57 Å². The lowest BCUT2D eigenvalue weighted by Crippen LogP contribution is -2.14. The highest BCUT2D eigenvalue weighted by atomic mass is 35.5. The predicted molar refractivity (Wildman–Crippen MR) is 85.4 cm³/mol. The number of aromatic nitrogens is 5. The van der Waals surface area contributed by atoms with Gasteiger partial charge in [0.25, 0.3) is 5.56 Å². The third-order valence-electron chi connectivity index (χ3n) is 3.05. The molecule has 6 nitrogen and oxygen atoms in total. The number of aryl methyl sites for hydroxylation is 1. The topological polar surface area (TPSA) is 65.6 Å². The van der Waals surface area contributed by atoms with Crippen molar-refractivity contribution in [2.45, 2.75) is 10.9 Å². The molecule has 0 atom stereocenters. The van der Waals surface area contributed by atoms with E-state index in [4.69, 9.17) is 11.6 Å². The normalized spacial score (nSPS) is 10.8. The van der Waals surface area contributed by atoms with Crippen molar-refractivity contribution in [2.24, 2.45) is 7.05 Å². The minimum absolute atomic E-state index is 0.0320. The Labute approximate surface area is 135 Å². The zero-order chi connectivity index (χ0) is 15.5. The quantitative estimate of drug-likeness (QED) is 0.685. The molecule has 0 saturated heterocycles. The lowest BCUT2D eigenvalue weighted by Gasteiger charge is -2.05. The summed E-state index contributed by atoms with van der Waals surface area (Å²) in [5, 5.41) is 13.0. The number of rotatable bonds is 4. The fraction of sp³-hybridized carbons (Fsp3) is 0.143. The van der Waals surface area contributed by atoms with Crippen LogP contribution in [-0.2, 0) is 12.8 Å². The molecule has 0 bridgehead atoms. The predicted octanol–water partition coefficient (Wildman–Crippen LogP) is 2.31. The van der Waals surface area contributed by atoms with Gasteiger partial charge in [0.05, 0.1) is 5.69 Å². The summed E-state index contributed by atoms with van der Waals surface area (Å²) in [7, 11) is 1.72. The van der Waals surface area contributed by atoms with Crippen molar-refractivity contribution in [1.29, 1.82) is 0 Å². The summed E-state index contributed by atoms with van der Waals surface area (Å²) in [5.74, 6) is 0.615. The van der Waals surface area contributed by atoms with E-state index in [1.165, 1.54) is 16.3 Å². The van der Waals surface area contributed by atoms with Crippen LogP contribution in [-0.4, -0.2) is 24.8 Å². The van der Waals surface area contributed by atoms with Crippen LogP contribution in [0.1, 0.15) is 5.56 Å². The SMILES string of the molecule is Cn1ccc(CSc2nnnn2-c2ccc(Cl)cc2)cc1=O. The summed E-state index contributed by atoms with van der Waals surface area (Å²) in [4.78, 5) is 11.6. The molecule has 0 radical (unpaired) electrons. The van der Waals surface area contributed by atoms with Gasteiger partial charge in [-0.3, -0.25) is 4.79 Å². The average Bonchev–Trinajstić information content (AvgIpc) is 2.98. The van der Waals surface area contributed by atoms with Gasteiger partial charge in [-0.1, -0.05) is 23.4 Å². The molecular weight excluding hydrogens is 322 g/mol. The van der Waals surface area contributed by atoms with Crippen LogP contribution in [0, 0.1) is 0 Å². The summed E-state index contributed by atoms with van der Waals surface area (Å²) >= 11 is 7.35. The fourth-order valence-electron chi connectivity index (χ4n) is 1.84. The third kappa shape index (κ3) is 3.20. The van der Waals surface area contributed by atoms with Crippen LogP contribution < -0.4 is 5.56 Å². The number of halogens is 1. The molecule has 0 amide bonds. The molecule has 22 heavy (non-hydrogen) atoms. The number of nitrogens with zero attached hydrogens (tertiary/aromatic N) is 5. The highest BCUT2D eigenvalue weighted by Gasteiger charge is 2.09. The number of hydrogen-bond acceptors (Lipinski definition) is 5. The van der Waals surface area contributed by atoms with E-state index in [1.54, 1.807) is 36.1 Å². The van der Waals surface area contributed by atoms with E-state index >= 15 is 0 Å². The zero-order valence-corrected chi connectivity index (χ0v) is 13.3. The molecule has 0 unspecified atom stereocenters. The molecule has 0 aliphatic heterocycles. The van der Waals surface area contributed by atoms with Crippen LogP contribution in [0.4, 0.5) is 0 Å². The van der Waals surface area contributed by atoms with Gasteiger partial charge in [0.2, 0.25) is 5.16 Å². The molecule has 0 aliphatic carbocycles. The standard InChI is InChI=1S/C14H12ClN5OS/c1-19-7-6-10(8-13(19)21)9-22-14-16-17-18-20(14)12-4-2-11(15)3-5-12/h2-8H,9H2,1H3. The monoisotopic (exact) mass is 333 g/mol. The summed E-state index contributed by atoms with van der Waals surface area (Å²) in [5.41, 5.74) is 1.73. The number of hydrogen-bond donors (Lipinski definition) is 0. The van der Waals surface area contributed by atoms with Crippen molar-refractivity contribution in [3.05, 3.63) is 63.5 Å². The Morgan fingerprint density at radius 2 is 2.00 bits per heavy atom. The summed E-state index contributed by atoms with van der Waals surface area (Å²) in [6, 6.07) is 10.8. The lowest BCUT2D eigenvalue weighted by atomic mass is 10.3. The van der Waals surface area contributed by atoms with Gasteiger partial charge in [-0.15, -0.1) is 5.10 Å². The molecule has 3 aromatic rings. The van der Waals surface area contributed by atoms with Crippen LogP contribution in [0.3, 0.4) is 0 Å². The summed E-state index contributed by atoms with van der Waals surface area (Å²) < 4.78 is 3.17. The first kappa shape index (κ1) is 14.8. The fourth-order valence-corrected chi connectivity index (χ4v) is 2.80. The molecule has 1 aromatic carbocycles. The van der Waals surface area contributed by atoms with Crippen LogP contribution in [0.5, 0.6) is 0 Å². The number of thioether (sulfide) groups is 1. The number of tetrazole rings is 1. The molecule has 2 heterocycles. The van der Waals surface area contributed by atoms with E-state index in [2.05, 4.69) is 15.5 Å². The molecule has 0 spiro atoms. The average molecular weight is 334 g/mol. The molecule has 0 N–H and O–H groups in total. The van der Waals surface area contributed by atoms with Gasteiger partial charge in [-0.05, 0) is 46.3 Å². The first-order valence-corrected chi connectivity index (χ1v) is 7.82. The van der Waals surface area contributed by atoms with Crippen molar-refractivity contribution in [2.75, 3.05) is 0 Å². The lowest BCUT2D eigenvalue weighted by molar-refractivity contribution is 0.756. The first-order valence-electron chi connectivity index (χ1n) is 6.46. The van der Waals surface area contributed by atoms with Crippen LogP contribution >= 0.6 is 23.4 Å². The second-order valence-corrected chi connectivity index (χ2v) is 6.00. The zero-order valence-electron chi connectivity index (χ0n) is 11.7. The second-order valence-electron chi connectivity index (χ2n) is 4.62. The Hall–Kier alpha value is -2.12. The Morgan fingerprint density at radius 1 is 1.23 bits per heavy atom. The van der Waals surface area contributed by atoms with Crippen molar-refractivity contribution in [3.63, 3.8) is 0 Å². The molecule has 3 rings (SSSR count). The van der Waals surface area contributed by atoms with E-state index in [9.17, 15) is 4.79 Å². The van der Waals surface area contributed by atoms with Crippen LogP contribution in [0.2, 0.25) is 5.02 Å². The Balaban J connectivity index is 1.79. The number of benzene rings is 1. The molecule has 112 valence electrons. The first-order chi connectivity index (χ1) is 10.6. The van der Waals surface area contributed by atoms with Crippen molar-refractivity contribution in [1.82, 2.24) is 24.8 Å². The van der Waals surface area contributed by atoms with Crippen LogP contribution in [0.25, 0.3) is 5.69 Å². The molecule has 0 aliphatic rings. The van der Waals surface area contributed by atoms with E-state index in [1.807, 2.05) is 18.2 Å². The van der Waals surface area contributed by atoms with Crippen molar-refractivity contribution >= 4 is 23.4 Å². The maximum atomic E-state index is 11.6. The Kier molecular flexibility index (Phi) is 4.26. The maximum Gasteiger partial charge on any atom is 0.250 e. The van der Waals surface area contributed by atoms with Gasteiger partial charge in [0.15, 0.2) is 0 Å². The summed E-state index contributed by atoms with van der Waals surface area (Å²) in [6.45, 7) is 0. The van der Waals surface area contributed by atoms with Crippen molar-refractivity contribution in [3.8, 4) is 5.69 Å². The van der Waals surface area contributed by atoms with Crippen molar-refractivity contribution < 1.29 is 0 Å². The van der Waals surface area contributed by atoms with Gasteiger partial charge in [-0.25, -0.2) is 0 Å². The van der Waals surface area contributed by atoms with Gasteiger partial charge in [0.1, 0.15) is 0 Å². The van der Waals surface area contributed by atoms with E-state index in [0.29, 0.717) is 15.9 Å². The number of pyridine rings is 1. The van der Waals surface area contributed by atoms with E-state index < -0.39 is 0 Å².